The van der Waals surface area contributed by atoms with Gasteiger partial charge in [0.1, 0.15) is 0 Å². The smallest absolute Gasteiger partial charge is 0.0319 e. The van der Waals surface area contributed by atoms with E-state index >= 15 is 0 Å². The normalized spacial score (nSPS) is 15.7. The Morgan fingerprint density at radius 2 is 1.87 bits per heavy atom. The lowest BCUT2D eigenvalue weighted by atomic mass is 9.83. The van der Waals surface area contributed by atoms with Crippen LogP contribution in [-0.4, -0.2) is 12.2 Å². The Kier molecular flexibility index (Phi) is 8.05. The first kappa shape index (κ1) is 19.4. The molecule has 0 bridgehead atoms. The molecule has 1 unspecified atom stereocenters. The topological polar surface area (TPSA) is 20.2 Å². The van der Waals surface area contributed by atoms with E-state index < -0.39 is 0 Å². The van der Waals surface area contributed by atoms with Gasteiger partial charge in [0, 0.05) is 13.0 Å². The molecular weight excluding hydrogens is 280 g/mol. The molecule has 0 saturated heterocycles. The average molecular weight is 312 g/mol. The van der Waals surface area contributed by atoms with Gasteiger partial charge in [0.15, 0.2) is 0 Å². The number of aliphatic hydroxyl groups is 1. The summed E-state index contributed by atoms with van der Waals surface area (Å²) in [5.74, 6) is 0.984. The van der Waals surface area contributed by atoms with Gasteiger partial charge in [-0.25, -0.2) is 0 Å². The maximum atomic E-state index is 7.00. The van der Waals surface area contributed by atoms with Gasteiger partial charge >= 0.3 is 0 Å². The second-order valence-electron chi connectivity index (χ2n) is 6.48. The highest BCUT2D eigenvalue weighted by Gasteiger charge is 2.16. The zero-order valence-corrected chi connectivity index (χ0v) is 15.2. The van der Waals surface area contributed by atoms with Crippen LogP contribution in [0.2, 0.25) is 0 Å². The highest BCUT2D eigenvalue weighted by atomic mass is 16.2. The number of hydrogen-bond donors (Lipinski definition) is 1. The van der Waals surface area contributed by atoms with Crippen LogP contribution in [0.1, 0.15) is 57.9 Å². The molecule has 0 aromatic heterocycles. The van der Waals surface area contributed by atoms with E-state index in [4.69, 9.17) is 5.11 Å². The summed E-state index contributed by atoms with van der Waals surface area (Å²) in [6.07, 6.45) is 9.99. The first-order valence-electron chi connectivity index (χ1n) is 8.61. The van der Waals surface area contributed by atoms with E-state index in [2.05, 4.69) is 64.3 Å². The Labute approximate surface area is 141 Å². The number of allylic oxidation sites excluding steroid dienone is 2. The molecule has 1 aromatic rings. The van der Waals surface area contributed by atoms with E-state index in [9.17, 15) is 0 Å². The molecule has 0 saturated carbocycles. The van der Waals surface area contributed by atoms with Crippen molar-refractivity contribution < 1.29 is 5.11 Å². The summed E-state index contributed by atoms with van der Waals surface area (Å²) in [4.78, 5) is 0. The van der Waals surface area contributed by atoms with Gasteiger partial charge in [-0.15, -0.1) is 0 Å². The molecule has 1 aromatic carbocycles. The average Bonchev–Trinajstić information content (AvgIpc) is 2.54. The molecule has 0 radical (unpaired) electrons. The molecule has 2 rings (SSSR count). The van der Waals surface area contributed by atoms with Crippen molar-refractivity contribution >= 4 is 12.2 Å². The number of hydrogen-bond acceptors (Lipinski definition) is 1. The van der Waals surface area contributed by atoms with Crippen LogP contribution in [0.15, 0.2) is 42.5 Å². The van der Waals surface area contributed by atoms with Gasteiger partial charge in [0.25, 0.3) is 0 Å². The van der Waals surface area contributed by atoms with Gasteiger partial charge in [-0.3, -0.25) is 0 Å². The standard InChI is InChI=1S/C21H28.CH4O/c1-6-7-9-17-12-13-19-18(14-17)10-8-11-20(19)21(15(2)3)16(4)5;1-2/h8,10-11,13-14,17,21H,2,4,6-7,9,12H2,1,3,5H3;2H,1H3. The lowest BCUT2D eigenvalue weighted by Crippen LogP contribution is -2.33. The predicted molar refractivity (Wildman–Crippen MR) is 103 cm³/mol. The minimum absolute atomic E-state index is 0.275. The van der Waals surface area contributed by atoms with Gasteiger partial charge < -0.3 is 5.11 Å². The van der Waals surface area contributed by atoms with E-state index in [-0.39, 0.29) is 5.92 Å². The Bertz CT molecular complexity index is 637. The molecule has 1 nitrogen and oxygen atoms in total. The quantitative estimate of drug-likeness (QED) is 0.776. The summed E-state index contributed by atoms with van der Waals surface area (Å²) in [6.45, 7) is 14.8. The third-order valence-corrected chi connectivity index (χ3v) is 4.44. The van der Waals surface area contributed by atoms with Crippen LogP contribution >= 0.6 is 0 Å². The summed E-state index contributed by atoms with van der Waals surface area (Å²) in [5, 5.41) is 9.80. The molecule has 1 aliphatic carbocycles. The highest BCUT2D eigenvalue weighted by Crippen LogP contribution is 2.27. The van der Waals surface area contributed by atoms with Crippen molar-refractivity contribution in [2.75, 3.05) is 7.11 Å². The molecule has 126 valence electrons. The van der Waals surface area contributed by atoms with E-state index in [1.807, 2.05) is 0 Å². The van der Waals surface area contributed by atoms with E-state index in [0.29, 0.717) is 5.92 Å². The van der Waals surface area contributed by atoms with Crippen molar-refractivity contribution in [2.24, 2.45) is 5.92 Å². The monoisotopic (exact) mass is 312 g/mol. The molecule has 0 amide bonds. The third-order valence-electron chi connectivity index (χ3n) is 4.44. The number of rotatable bonds is 6. The summed E-state index contributed by atoms with van der Waals surface area (Å²) in [5.41, 5.74) is 3.73. The molecular formula is C22H32O. The lowest BCUT2D eigenvalue weighted by molar-refractivity contribution is 0.399. The Morgan fingerprint density at radius 3 is 2.43 bits per heavy atom. The zero-order chi connectivity index (χ0) is 17.4. The molecule has 0 heterocycles. The molecule has 0 spiro atoms. The number of fused-ring (bicyclic) bond motifs is 1. The molecule has 0 fully saturated rings. The molecule has 23 heavy (non-hydrogen) atoms. The Hall–Kier alpha value is -1.60. The molecule has 0 aliphatic heterocycles. The van der Waals surface area contributed by atoms with E-state index in [1.54, 1.807) is 0 Å². The maximum Gasteiger partial charge on any atom is 0.0319 e. The fraction of sp³-hybridized carbons (Fsp3) is 0.455. The van der Waals surface area contributed by atoms with Crippen molar-refractivity contribution in [1.29, 1.82) is 0 Å². The zero-order valence-electron chi connectivity index (χ0n) is 15.2. The maximum absolute atomic E-state index is 7.00. The summed E-state index contributed by atoms with van der Waals surface area (Å²) < 4.78 is 0. The van der Waals surface area contributed by atoms with Gasteiger partial charge in [0.05, 0.1) is 0 Å². The second kappa shape index (κ2) is 9.52. The minimum Gasteiger partial charge on any atom is -0.400 e. The largest absolute Gasteiger partial charge is 0.400 e. The summed E-state index contributed by atoms with van der Waals surface area (Å²) in [7, 11) is 1.00. The highest BCUT2D eigenvalue weighted by molar-refractivity contribution is 5.47. The first-order chi connectivity index (χ1) is 11.0. The molecule has 1 heteroatoms. The van der Waals surface area contributed by atoms with Crippen LogP contribution in [0.4, 0.5) is 0 Å². The predicted octanol–water partition coefficient (Wildman–Crippen LogP) is 4.30. The van der Waals surface area contributed by atoms with Gasteiger partial charge in [-0.2, -0.15) is 0 Å². The summed E-state index contributed by atoms with van der Waals surface area (Å²) >= 11 is 0. The third kappa shape index (κ3) is 4.94. The van der Waals surface area contributed by atoms with Crippen LogP contribution in [0.5, 0.6) is 0 Å². The minimum atomic E-state index is 0.275. The van der Waals surface area contributed by atoms with Crippen LogP contribution in [-0.2, 0) is 0 Å². The van der Waals surface area contributed by atoms with Crippen LogP contribution in [0, 0.1) is 5.92 Å². The molecule has 1 N–H and O–H groups in total. The van der Waals surface area contributed by atoms with Crippen molar-refractivity contribution in [3.05, 3.63) is 58.5 Å². The van der Waals surface area contributed by atoms with Crippen molar-refractivity contribution in [2.45, 2.75) is 52.4 Å². The van der Waals surface area contributed by atoms with Crippen LogP contribution < -0.4 is 10.4 Å². The van der Waals surface area contributed by atoms with Crippen molar-refractivity contribution in [1.82, 2.24) is 0 Å². The lowest BCUT2D eigenvalue weighted by Gasteiger charge is -2.21. The first-order valence-corrected chi connectivity index (χ1v) is 8.61. The van der Waals surface area contributed by atoms with Crippen molar-refractivity contribution in [3.8, 4) is 0 Å². The number of aliphatic hydroxyl groups excluding tert-OH is 1. The molecule has 1 aliphatic rings. The Balaban J connectivity index is 0.00000127. The van der Waals surface area contributed by atoms with Gasteiger partial charge in [-0.05, 0) is 48.6 Å². The van der Waals surface area contributed by atoms with E-state index in [0.717, 1.165) is 7.11 Å². The second-order valence-corrected chi connectivity index (χ2v) is 6.48. The van der Waals surface area contributed by atoms with Crippen LogP contribution in [0.3, 0.4) is 0 Å². The van der Waals surface area contributed by atoms with E-state index in [1.165, 1.54) is 52.8 Å². The fourth-order valence-corrected chi connectivity index (χ4v) is 3.44. The SMILES string of the molecule is C=C(C)C(C(=C)C)c1cccc2c1=CCC(CCCC)C=2.CO. The van der Waals surface area contributed by atoms with Gasteiger partial charge in [0.2, 0.25) is 0 Å². The fourth-order valence-electron chi connectivity index (χ4n) is 3.44. The molecule has 1 atom stereocenters. The Morgan fingerprint density at radius 1 is 1.22 bits per heavy atom. The summed E-state index contributed by atoms with van der Waals surface area (Å²) in [6, 6.07) is 6.67. The number of benzene rings is 1. The van der Waals surface area contributed by atoms with Gasteiger partial charge in [-0.1, -0.05) is 74.4 Å². The van der Waals surface area contributed by atoms with Crippen molar-refractivity contribution in [3.63, 3.8) is 0 Å². The van der Waals surface area contributed by atoms with Crippen LogP contribution in [0.25, 0.3) is 12.2 Å². The number of unbranched alkanes of at least 4 members (excludes halogenated alkanes) is 1.